The molecule has 0 amide bonds. The first-order valence-corrected chi connectivity index (χ1v) is 7.38. The molecule has 94 valence electrons. The molecule has 0 bridgehead atoms. The van der Waals surface area contributed by atoms with Gasteiger partial charge in [-0.2, -0.15) is 11.8 Å². The molecule has 0 aliphatic carbocycles. The summed E-state index contributed by atoms with van der Waals surface area (Å²) in [4.78, 5) is 10.5. The summed E-state index contributed by atoms with van der Waals surface area (Å²) in [5.41, 5.74) is 0.870. The van der Waals surface area contributed by atoms with Gasteiger partial charge in [0.2, 0.25) is 0 Å². The Morgan fingerprint density at radius 3 is 2.88 bits per heavy atom. The highest BCUT2D eigenvalue weighted by atomic mass is 79.9. The first-order valence-electron chi connectivity index (χ1n) is 5.19. The largest absolute Gasteiger partial charge is 0.309 e. The normalized spacial score (nSPS) is 12.4. The van der Waals surface area contributed by atoms with Crippen LogP contribution >= 0.6 is 27.7 Å². The fourth-order valence-electron chi connectivity index (χ4n) is 1.47. The lowest BCUT2D eigenvalue weighted by molar-refractivity contribution is -0.385. The van der Waals surface area contributed by atoms with Crippen molar-refractivity contribution in [3.8, 4) is 0 Å². The standard InChI is InChI=1S/C11H15BrN2O2S/c1-8(7-17-2)13-6-9-5-10(12)3-4-11(9)14(15)16/h3-5,8,13H,6-7H2,1-2H3. The van der Waals surface area contributed by atoms with Crippen molar-refractivity contribution in [3.63, 3.8) is 0 Å². The Balaban J connectivity index is 2.75. The molecule has 17 heavy (non-hydrogen) atoms. The molecule has 0 saturated carbocycles. The van der Waals surface area contributed by atoms with Gasteiger partial charge in [-0.25, -0.2) is 0 Å². The highest BCUT2D eigenvalue weighted by molar-refractivity contribution is 9.10. The van der Waals surface area contributed by atoms with Crippen molar-refractivity contribution in [1.82, 2.24) is 5.32 Å². The average molecular weight is 319 g/mol. The van der Waals surface area contributed by atoms with E-state index in [1.54, 1.807) is 23.9 Å². The molecule has 0 aliphatic heterocycles. The van der Waals surface area contributed by atoms with Crippen molar-refractivity contribution in [2.75, 3.05) is 12.0 Å². The molecule has 0 fully saturated rings. The second-order valence-corrected chi connectivity index (χ2v) is 5.59. The van der Waals surface area contributed by atoms with Crippen molar-refractivity contribution in [1.29, 1.82) is 0 Å². The Kier molecular flexibility index (Phi) is 5.94. The predicted molar refractivity (Wildman–Crippen MR) is 75.5 cm³/mol. The van der Waals surface area contributed by atoms with E-state index in [4.69, 9.17) is 0 Å². The Hall–Kier alpha value is -0.590. The zero-order valence-electron chi connectivity index (χ0n) is 9.77. The second kappa shape index (κ2) is 6.98. The maximum absolute atomic E-state index is 10.9. The van der Waals surface area contributed by atoms with Crippen LogP contribution < -0.4 is 5.32 Å². The van der Waals surface area contributed by atoms with Crippen molar-refractivity contribution >= 4 is 33.4 Å². The minimum Gasteiger partial charge on any atom is -0.309 e. The molecule has 0 heterocycles. The van der Waals surface area contributed by atoms with Gasteiger partial charge in [-0.3, -0.25) is 10.1 Å². The van der Waals surface area contributed by atoms with Gasteiger partial charge in [-0.15, -0.1) is 0 Å². The summed E-state index contributed by atoms with van der Waals surface area (Å²) in [7, 11) is 0. The molecule has 0 aromatic heterocycles. The highest BCUT2D eigenvalue weighted by Crippen LogP contribution is 2.22. The third-order valence-electron chi connectivity index (χ3n) is 2.30. The summed E-state index contributed by atoms with van der Waals surface area (Å²) in [6, 6.07) is 5.34. The van der Waals surface area contributed by atoms with Crippen molar-refractivity contribution in [2.45, 2.75) is 19.5 Å². The van der Waals surface area contributed by atoms with Gasteiger partial charge in [-0.1, -0.05) is 15.9 Å². The second-order valence-electron chi connectivity index (χ2n) is 3.77. The van der Waals surface area contributed by atoms with Gasteiger partial charge < -0.3 is 5.32 Å². The molecule has 1 aromatic rings. The molecule has 0 radical (unpaired) electrons. The smallest absolute Gasteiger partial charge is 0.273 e. The Morgan fingerprint density at radius 1 is 1.59 bits per heavy atom. The summed E-state index contributed by atoms with van der Waals surface area (Å²) in [5.74, 6) is 0.988. The average Bonchev–Trinajstić information content (AvgIpc) is 2.26. The fourth-order valence-corrected chi connectivity index (χ4v) is 2.49. The van der Waals surface area contributed by atoms with Crippen LogP contribution in [0.1, 0.15) is 12.5 Å². The molecule has 0 saturated heterocycles. The number of thioether (sulfide) groups is 1. The Morgan fingerprint density at radius 2 is 2.29 bits per heavy atom. The lowest BCUT2D eigenvalue weighted by Gasteiger charge is -2.12. The molecule has 1 aromatic carbocycles. The number of nitro groups is 1. The number of rotatable bonds is 6. The zero-order chi connectivity index (χ0) is 12.8. The molecule has 6 heteroatoms. The van der Waals surface area contributed by atoms with Crippen LogP contribution in [0.2, 0.25) is 0 Å². The number of halogens is 1. The number of nitro benzene ring substituents is 1. The number of nitrogens with zero attached hydrogens (tertiary/aromatic N) is 1. The van der Waals surface area contributed by atoms with E-state index in [-0.39, 0.29) is 10.6 Å². The maximum atomic E-state index is 10.9. The van der Waals surface area contributed by atoms with Crippen molar-refractivity contribution < 1.29 is 4.92 Å². The van der Waals surface area contributed by atoms with E-state index in [1.807, 2.05) is 6.26 Å². The van der Waals surface area contributed by atoms with Crippen LogP contribution in [0.4, 0.5) is 5.69 Å². The van der Waals surface area contributed by atoms with Gasteiger partial charge in [0.05, 0.1) is 4.92 Å². The van der Waals surface area contributed by atoms with E-state index in [9.17, 15) is 10.1 Å². The molecular weight excluding hydrogens is 304 g/mol. The van der Waals surface area contributed by atoms with Crippen LogP contribution in [0.25, 0.3) is 0 Å². The minimum atomic E-state index is -0.345. The van der Waals surface area contributed by atoms with E-state index in [2.05, 4.69) is 28.2 Å². The van der Waals surface area contributed by atoms with E-state index in [0.29, 0.717) is 18.2 Å². The van der Waals surface area contributed by atoms with Crippen LogP contribution in [-0.4, -0.2) is 23.0 Å². The summed E-state index contributed by atoms with van der Waals surface area (Å²) < 4.78 is 0.859. The lowest BCUT2D eigenvalue weighted by Crippen LogP contribution is -2.27. The number of hydrogen-bond donors (Lipinski definition) is 1. The van der Waals surface area contributed by atoms with E-state index < -0.39 is 0 Å². The highest BCUT2D eigenvalue weighted by Gasteiger charge is 2.14. The van der Waals surface area contributed by atoms with Crippen LogP contribution in [0.3, 0.4) is 0 Å². The Labute approximate surface area is 113 Å². The molecule has 0 aliphatic rings. The molecule has 4 nitrogen and oxygen atoms in total. The zero-order valence-corrected chi connectivity index (χ0v) is 12.2. The summed E-state index contributed by atoms with van der Waals surface area (Å²) in [6.07, 6.45) is 2.04. The van der Waals surface area contributed by atoms with Crippen LogP contribution in [0.15, 0.2) is 22.7 Å². The first kappa shape index (κ1) is 14.5. The predicted octanol–water partition coefficient (Wildman–Crippen LogP) is 3.20. The van der Waals surface area contributed by atoms with Gasteiger partial charge in [0, 0.05) is 34.4 Å². The van der Waals surface area contributed by atoms with Gasteiger partial charge >= 0.3 is 0 Å². The molecule has 1 unspecified atom stereocenters. The van der Waals surface area contributed by atoms with E-state index in [1.165, 1.54) is 6.07 Å². The molecule has 1 N–H and O–H groups in total. The SMILES string of the molecule is CSCC(C)NCc1cc(Br)ccc1[N+](=O)[O-]. The summed E-state index contributed by atoms with van der Waals surface area (Å²) in [6.45, 7) is 2.58. The van der Waals surface area contributed by atoms with Gasteiger partial charge in [-0.05, 0) is 25.3 Å². The number of hydrogen-bond acceptors (Lipinski definition) is 4. The van der Waals surface area contributed by atoms with E-state index >= 15 is 0 Å². The van der Waals surface area contributed by atoms with Crippen molar-refractivity contribution in [3.05, 3.63) is 38.3 Å². The third kappa shape index (κ3) is 4.65. The summed E-state index contributed by atoms with van der Waals surface area (Å²) in [5, 5.41) is 14.1. The third-order valence-corrected chi connectivity index (χ3v) is 3.62. The Bertz CT molecular complexity index is 401. The topological polar surface area (TPSA) is 55.2 Å². The van der Waals surface area contributed by atoms with Gasteiger partial charge in [0.25, 0.3) is 5.69 Å². The minimum absolute atomic E-state index is 0.164. The van der Waals surface area contributed by atoms with Gasteiger partial charge in [0.1, 0.15) is 0 Å². The monoisotopic (exact) mass is 318 g/mol. The maximum Gasteiger partial charge on any atom is 0.273 e. The lowest BCUT2D eigenvalue weighted by atomic mass is 10.1. The molecule has 1 atom stereocenters. The van der Waals surface area contributed by atoms with Crippen molar-refractivity contribution in [2.24, 2.45) is 0 Å². The van der Waals surface area contributed by atoms with Crippen LogP contribution in [0, 0.1) is 10.1 Å². The number of nitrogens with one attached hydrogen (secondary N) is 1. The summed E-state index contributed by atoms with van der Waals surface area (Å²) >= 11 is 5.08. The number of benzene rings is 1. The van der Waals surface area contributed by atoms with Crippen LogP contribution in [-0.2, 0) is 6.54 Å². The molecule has 0 spiro atoms. The first-order chi connectivity index (χ1) is 8.04. The van der Waals surface area contributed by atoms with Crippen LogP contribution in [0.5, 0.6) is 0 Å². The van der Waals surface area contributed by atoms with E-state index in [0.717, 1.165) is 10.2 Å². The molecule has 1 rings (SSSR count). The fraction of sp³-hybridized carbons (Fsp3) is 0.455. The quantitative estimate of drug-likeness (QED) is 0.646. The molecular formula is C11H15BrN2O2S. The van der Waals surface area contributed by atoms with Gasteiger partial charge in [0.15, 0.2) is 0 Å².